The second-order valence-corrected chi connectivity index (χ2v) is 7.44. The molecule has 1 amide bonds. The number of aryl methyl sites for hydroxylation is 1. The number of carbonyl (C=O) groups is 2. The standard InChI is InChI=1S/C22H25NO7/c24-11-1-2-14-3-5-16(6-4-14)19(20(26)27)23-21(28)22(29)12-18(30-13-22)15-7-9-17(25)10-8-15/h3-10,18-19,24-25,29H,1-2,11-13H2,(H,23,28)(H,26,27)/t18-,19-,22+/m0/s1. The van der Waals surface area contributed by atoms with E-state index in [-0.39, 0.29) is 25.4 Å². The number of aliphatic hydroxyl groups excluding tert-OH is 1. The summed E-state index contributed by atoms with van der Waals surface area (Å²) in [6, 6.07) is 11.7. The molecule has 0 aromatic heterocycles. The van der Waals surface area contributed by atoms with E-state index in [0.29, 0.717) is 24.0 Å². The Bertz CT molecular complexity index is 881. The minimum absolute atomic E-state index is 0.0317. The molecule has 8 nitrogen and oxygen atoms in total. The highest BCUT2D eigenvalue weighted by atomic mass is 16.5. The number of aliphatic hydroxyl groups is 2. The van der Waals surface area contributed by atoms with Crippen molar-refractivity contribution in [2.75, 3.05) is 13.2 Å². The minimum Gasteiger partial charge on any atom is -0.508 e. The van der Waals surface area contributed by atoms with Gasteiger partial charge < -0.3 is 30.5 Å². The average Bonchev–Trinajstić information content (AvgIpc) is 3.14. The van der Waals surface area contributed by atoms with E-state index in [2.05, 4.69) is 5.32 Å². The van der Waals surface area contributed by atoms with Gasteiger partial charge in [-0.3, -0.25) is 4.79 Å². The third kappa shape index (κ3) is 4.96. The Labute approximate surface area is 173 Å². The van der Waals surface area contributed by atoms with Crippen molar-refractivity contribution < 1.29 is 34.8 Å². The van der Waals surface area contributed by atoms with Gasteiger partial charge in [-0.15, -0.1) is 0 Å². The Morgan fingerprint density at radius 3 is 2.40 bits per heavy atom. The quantitative estimate of drug-likeness (QED) is 0.440. The molecule has 3 rings (SSSR count). The number of nitrogens with one attached hydrogen (secondary N) is 1. The summed E-state index contributed by atoms with van der Waals surface area (Å²) in [6.45, 7) is -0.196. The summed E-state index contributed by atoms with van der Waals surface area (Å²) >= 11 is 0. The van der Waals surface area contributed by atoms with Crippen LogP contribution < -0.4 is 5.32 Å². The predicted octanol–water partition coefficient (Wildman–Crippen LogP) is 1.45. The van der Waals surface area contributed by atoms with Gasteiger partial charge in [0.1, 0.15) is 5.75 Å². The number of rotatable bonds is 8. The van der Waals surface area contributed by atoms with Crippen molar-refractivity contribution in [2.45, 2.75) is 37.0 Å². The number of hydrogen-bond donors (Lipinski definition) is 5. The molecule has 1 aliphatic heterocycles. The Morgan fingerprint density at radius 2 is 1.80 bits per heavy atom. The van der Waals surface area contributed by atoms with Gasteiger partial charge in [0.25, 0.3) is 5.91 Å². The number of phenolic OH excluding ortho intramolecular Hbond substituents is 1. The van der Waals surface area contributed by atoms with Crippen molar-refractivity contribution in [1.82, 2.24) is 5.32 Å². The summed E-state index contributed by atoms with van der Waals surface area (Å²) in [4.78, 5) is 24.5. The molecular weight excluding hydrogens is 390 g/mol. The van der Waals surface area contributed by atoms with E-state index in [1.54, 1.807) is 36.4 Å². The van der Waals surface area contributed by atoms with Crippen molar-refractivity contribution >= 4 is 11.9 Å². The fourth-order valence-corrected chi connectivity index (χ4v) is 3.44. The monoisotopic (exact) mass is 415 g/mol. The van der Waals surface area contributed by atoms with Crippen LogP contribution >= 0.6 is 0 Å². The Balaban J connectivity index is 1.69. The number of amides is 1. The van der Waals surface area contributed by atoms with Crippen molar-refractivity contribution in [3.8, 4) is 5.75 Å². The number of aromatic hydroxyl groups is 1. The molecule has 0 spiro atoms. The molecule has 8 heteroatoms. The largest absolute Gasteiger partial charge is 0.508 e. The summed E-state index contributed by atoms with van der Waals surface area (Å²) < 4.78 is 5.56. The number of carboxylic acids is 1. The van der Waals surface area contributed by atoms with E-state index in [4.69, 9.17) is 9.84 Å². The van der Waals surface area contributed by atoms with Gasteiger partial charge in [0.05, 0.1) is 12.7 Å². The second kappa shape index (κ2) is 9.25. The third-order valence-electron chi connectivity index (χ3n) is 5.19. The molecule has 1 fully saturated rings. The van der Waals surface area contributed by atoms with Gasteiger partial charge in [0.2, 0.25) is 0 Å². The molecule has 2 aromatic carbocycles. The highest BCUT2D eigenvalue weighted by Gasteiger charge is 2.46. The highest BCUT2D eigenvalue weighted by molar-refractivity contribution is 5.90. The van der Waals surface area contributed by atoms with Gasteiger partial charge in [-0.05, 0) is 41.7 Å². The van der Waals surface area contributed by atoms with Gasteiger partial charge in [-0.1, -0.05) is 36.4 Å². The Morgan fingerprint density at radius 1 is 1.13 bits per heavy atom. The maximum atomic E-state index is 12.7. The van der Waals surface area contributed by atoms with Crippen LogP contribution in [0.3, 0.4) is 0 Å². The summed E-state index contributed by atoms with van der Waals surface area (Å²) in [5.74, 6) is -1.97. The number of benzene rings is 2. The molecule has 0 radical (unpaired) electrons. The van der Waals surface area contributed by atoms with Crippen LogP contribution in [0.2, 0.25) is 0 Å². The summed E-state index contributed by atoms with van der Waals surface area (Å²) in [7, 11) is 0. The highest BCUT2D eigenvalue weighted by Crippen LogP contribution is 2.36. The molecule has 3 atom stereocenters. The van der Waals surface area contributed by atoms with Gasteiger partial charge in [-0.2, -0.15) is 0 Å². The first-order chi connectivity index (χ1) is 14.3. The molecule has 0 unspecified atom stereocenters. The second-order valence-electron chi connectivity index (χ2n) is 7.44. The zero-order chi connectivity index (χ0) is 21.7. The summed E-state index contributed by atoms with van der Waals surface area (Å²) in [6.07, 6.45) is 0.691. The fraction of sp³-hybridized carbons (Fsp3) is 0.364. The molecule has 30 heavy (non-hydrogen) atoms. The zero-order valence-corrected chi connectivity index (χ0v) is 16.3. The van der Waals surface area contributed by atoms with Crippen molar-refractivity contribution in [3.05, 3.63) is 65.2 Å². The average molecular weight is 415 g/mol. The third-order valence-corrected chi connectivity index (χ3v) is 5.19. The van der Waals surface area contributed by atoms with Gasteiger partial charge in [0.15, 0.2) is 11.6 Å². The van der Waals surface area contributed by atoms with Crippen LogP contribution in [0.15, 0.2) is 48.5 Å². The first kappa shape index (κ1) is 21.8. The molecule has 1 saturated heterocycles. The van der Waals surface area contributed by atoms with E-state index >= 15 is 0 Å². The molecule has 1 heterocycles. The zero-order valence-electron chi connectivity index (χ0n) is 16.3. The van der Waals surface area contributed by atoms with Crippen LogP contribution in [0.4, 0.5) is 0 Å². The molecule has 2 aromatic rings. The van der Waals surface area contributed by atoms with Crippen LogP contribution in [-0.2, 0) is 20.7 Å². The van der Waals surface area contributed by atoms with Crippen LogP contribution in [-0.4, -0.2) is 51.1 Å². The van der Waals surface area contributed by atoms with Crippen molar-refractivity contribution in [2.24, 2.45) is 0 Å². The number of hydrogen-bond acceptors (Lipinski definition) is 6. The van der Waals surface area contributed by atoms with E-state index in [1.165, 1.54) is 12.1 Å². The number of carboxylic acid groups (broad SMARTS) is 1. The van der Waals surface area contributed by atoms with Gasteiger partial charge in [-0.25, -0.2) is 4.79 Å². The smallest absolute Gasteiger partial charge is 0.330 e. The maximum Gasteiger partial charge on any atom is 0.330 e. The SMILES string of the molecule is O=C(O)[C@@H](NC(=O)[C@]1(O)CO[C@H](c2ccc(O)cc2)C1)c1ccc(CCCO)cc1. The first-order valence-electron chi connectivity index (χ1n) is 9.69. The lowest BCUT2D eigenvalue weighted by Crippen LogP contribution is -2.49. The molecule has 160 valence electrons. The summed E-state index contributed by atoms with van der Waals surface area (Å²) in [5.41, 5.74) is 0.158. The molecule has 0 saturated carbocycles. The fourth-order valence-electron chi connectivity index (χ4n) is 3.44. The lowest BCUT2D eigenvalue weighted by molar-refractivity contribution is -0.147. The van der Waals surface area contributed by atoms with E-state index in [0.717, 1.165) is 5.56 Å². The van der Waals surface area contributed by atoms with Crippen LogP contribution in [0.1, 0.15) is 41.7 Å². The van der Waals surface area contributed by atoms with E-state index in [9.17, 15) is 24.9 Å². The molecule has 5 N–H and O–H groups in total. The van der Waals surface area contributed by atoms with Crippen LogP contribution in [0.5, 0.6) is 5.75 Å². The normalized spacial score (nSPS) is 21.9. The minimum atomic E-state index is -1.86. The number of ether oxygens (including phenoxy) is 1. The Kier molecular flexibility index (Phi) is 6.71. The predicted molar refractivity (Wildman–Crippen MR) is 107 cm³/mol. The molecule has 0 bridgehead atoms. The lowest BCUT2D eigenvalue weighted by Gasteiger charge is -2.23. The number of aliphatic carboxylic acids is 1. The Hall–Kier alpha value is -2.94. The van der Waals surface area contributed by atoms with Gasteiger partial charge >= 0.3 is 5.97 Å². The first-order valence-corrected chi connectivity index (χ1v) is 9.69. The number of phenols is 1. The van der Waals surface area contributed by atoms with Crippen molar-refractivity contribution in [1.29, 1.82) is 0 Å². The lowest BCUT2D eigenvalue weighted by atomic mass is 9.94. The molecule has 0 aliphatic carbocycles. The van der Waals surface area contributed by atoms with E-state index in [1.807, 2.05) is 0 Å². The van der Waals surface area contributed by atoms with Crippen LogP contribution in [0, 0.1) is 0 Å². The topological polar surface area (TPSA) is 136 Å². The summed E-state index contributed by atoms with van der Waals surface area (Å²) in [5, 5.41) is 41.0. The van der Waals surface area contributed by atoms with Gasteiger partial charge in [0, 0.05) is 13.0 Å². The molecule has 1 aliphatic rings. The van der Waals surface area contributed by atoms with Crippen molar-refractivity contribution in [3.63, 3.8) is 0 Å². The number of carbonyl (C=O) groups excluding carboxylic acids is 1. The maximum absolute atomic E-state index is 12.7. The van der Waals surface area contributed by atoms with Crippen LogP contribution in [0.25, 0.3) is 0 Å². The van der Waals surface area contributed by atoms with E-state index < -0.39 is 29.6 Å². The molecular formula is C22H25NO7.